The summed E-state index contributed by atoms with van der Waals surface area (Å²) >= 11 is 1.43. The molecule has 0 fully saturated rings. The first kappa shape index (κ1) is 23.3. The lowest BCUT2D eigenvalue weighted by Gasteiger charge is -2.30. The second-order valence-electron chi connectivity index (χ2n) is 8.21. The molecule has 7 nitrogen and oxygen atoms in total. The monoisotopic (exact) mass is 449 g/mol. The molecule has 2 aromatic rings. The number of hydrogen-bond acceptors (Lipinski definition) is 6. The van der Waals surface area contributed by atoms with E-state index in [0.717, 1.165) is 4.90 Å². The van der Waals surface area contributed by atoms with Crippen LogP contribution >= 0.6 is 11.8 Å². The number of carbonyl (C=O) groups is 1. The third-order valence-electron chi connectivity index (χ3n) is 4.84. The molecule has 0 aliphatic carbocycles. The number of amides is 1. The Balaban J connectivity index is 1.87. The largest absolute Gasteiger partial charge is 0.373 e. The van der Waals surface area contributed by atoms with Gasteiger partial charge in [-0.2, -0.15) is 0 Å². The van der Waals surface area contributed by atoms with Crippen LogP contribution < -0.4 is 10.9 Å². The second-order valence-corrected chi connectivity index (χ2v) is 9.09. The van der Waals surface area contributed by atoms with Gasteiger partial charge in [-0.3, -0.25) is 19.0 Å². The van der Waals surface area contributed by atoms with Gasteiger partial charge in [0.1, 0.15) is 11.6 Å². The smallest absolute Gasteiger partial charge is 0.281 e. The first-order valence-electron chi connectivity index (χ1n) is 10.0. The molecule has 0 saturated carbocycles. The van der Waals surface area contributed by atoms with E-state index in [4.69, 9.17) is 9.57 Å². The van der Waals surface area contributed by atoms with Crippen LogP contribution in [0.4, 0.5) is 15.9 Å². The van der Waals surface area contributed by atoms with Crippen LogP contribution in [-0.4, -0.2) is 47.2 Å². The van der Waals surface area contributed by atoms with Crippen molar-refractivity contribution in [2.24, 2.45) is 7.05 Å². The molecule has 9 heteroatoms. The van der Waals surface area contributed by atoms with Crippen molar-refractivity contribution in [3.05, 3.63) is 51.6 Å². The van der Waals surface area contributed by atoms with Gasteiger partial charge in [-0.05, 0) is 57.2 Å². The number of anilines is 2. The van der Waals surface area contributed by atoms with Crippen LogP contribution in [0.3, 0.4) is 0 Å². The Labute approximate surface area is 185 Å². The number of thioether (sulfide) groups is 1. The van der Waals surface area contributed by atoms with Gasteiger partial charge in [0.05, 0.1) is 36.6 Å². The normalized spacial score (nSPS) is 14.0. The summed E-state index contributed by atoms with van der Waals surface area (Å²) in [6.07, 6.45) is 2.32. The lowest BCUT2D eigenvalue weighted by atomic mass is 10.0. The van der Waals surface area contributed by atoms with E-state index in [2.05, 4.69) is 5.32 Å². The highest BCUT2D eigenvalue weighted by molar-refractivity contribution is 7.98. The Kier molecular flexibility index (Phi) is 7.08. The summed E-state index contributed by atoms with van der Waals surface area (Å²) in [5.41, 5.74) is 0.530. The van der Waals surface area contributed by atoms with Crippen LogP contribution in [0.1, 0.15) is 36.7 Å². The zero-order valence-corrected chi connectivity index (χ0v) is 19.3. The molecule has 1 amide bonds. The lowest BCUT2D eigenvalue weighted by Crippen LogP contribution is -2.41. The van der Waals surface area contributed by atoms with E-state index in [1.165, 1.54) is 33.5 Å². The Hall–Kier alpha value is -2.36. The van der Waals surface area contributed by atoms with Gasteiger partial charge in [-0.25, -0.2) is 9.45 Å². The maximum absolute atomic E-state index is 14.6. The number of ether oxygens (including phenoxy) is 1. The summed E-state index contributed by atoms with van der Waals surface area (Å²) in [5.74, 6) is -0.605. The van der Waals surface area contributed by atoms with Crippen molar-refractivity contribution in [3.63, 3.8) is 0 Å². The number of hydrogen-bond donors (Lipinski definition) is 1. The van der Waals surface area contributed by atoms with Crippen molar-refractivity contribution in [2.45, 2.75) is 37.7 Å². The zero-order chi connectivity index (χ0) is 22.8. The summed E-state index contributed by atoms with van der Waals surface area (Å²) in [6.45, 7) is 6.71. The predicted octanol–water partition coefficient (Wildman–Crippen LogP) is 3.73. The van der Waals surface area contributed by atoms with E-state index in [1.807, 2.05) is 27.0 Å². The van der Waals surface area contributed by atoms with Crippen molar-refractivity contribution >= 4 is 29.2 Å². The summed E-state index contributed by atoms with van der Waals surface area (Å²) < 4.78 is 21.5. The lowest BCUT2D eigenvalue weighted by molar-refractivity contribution is -0.148. The molecular formula is C22H28FN3O4S. The molecule has 168 valence electrons. The Morgan fingerprint density at radius 1 is 1.19 bits per heavy atom. The maximum Gasteiger partial charge on any atom is 0.281 e. The van der Waals surface area contributed by atoms with Crippen molar-refractivity contribution in [1.82, 2.24) is 9.63 Å². The molecule has 2 heterocycles. The first-order valence-corrected chi connectivity index (χ1v) is 11.3. The molecule has 0 saturated heterocycles. The van der Waals surface area contributed by atoms with E-state index < -0.39 is 5.82 Å². The maximum atomic E-state index is 14.6. The standard InChI is InChI=1S/C22H28FN3O4S/c1-22(2,3)29-10-11-30-26-9-8-14-12-18(27)25(4)20(19(14)21(26)28)24-17-7-6-15(31-5)13-16(17)23/h6-7,12-13,24H,8-11H2,1-5H3. The summed E-state index contributed by atoms with van der Waals surface area (Å²) in [5, 5.41) is 4.22. The molecule has 3 rings (SSSR count). The fourth-order valence-corrected chi connectivity index (χ4v) is 3.67. The Morgan fingerprint density at radius 3 is 2.58 bits per heavy atom. The second kappa shape index (κ2) is 9.42. The number of nitrogens with zero attached hydrogens (tertiary/aromatic N) is 2. The Morgan fingerprint density at radius 2 is 1.94 bits per heavy atom. The number of halogens is 1. The van der Waals surface area contributed by atoms with Gasteiger partial charge >= 0.3 is 0 Å². The fraction of sp³-hybridized carbons (Fsp3) is 0.455. The van der Waals surface area contributed by atoms with Crippen LogP contribution in [0.15, 0.2) is 34.0 Å². The van der Waals surface area contributed by atoms with Crippen molar-refractivity contribution < 1.29 is 18.8 Å². The van der Waals surface area contributed by atoms with Gasteiger partial charge in [0, 0.05) is 18.0 Å². The number of hydroxylamine groups is 2. The molecule has 0 spiro atoms. The topological polar surface area (TPSA) is 72.8 Å². The van der Waals surface area contributed by atoms with Gasteiger partial charge in [0.25, 0.3) is 11.5 Å². The highest BCUT2D eigenvalue weighted by Crippen LogP contribution is 2.30. The number of aromatic nitrogens is 1. The van der Waals surface area contributed by atoms with E-state index in [1.54, 1.807) is 19.2 Å². The van der Waals surface area contributed by atoms with E-state index in [0.29, 0.717) is 30.7 Å². The molecule has 1 aromatic heterocycles. The van der Waals surface area contributed by atoms with E-state index in [9.17, 15) is 14.0 Å². The minimum atomic E-state index is -0.465. The predicted molar refractivity (Wildman–Crippen MR) is 120 cm³/mol. The summed E-state index contributed by atoms with van der Waals surface area (Å²) in [7, 11) is 1.55. The minimum Gasteiger partial charge on any atom is -0.373 e. The average molecular weight is 450 g/mol. The third kappa shape index (κ3) is 5.47. The number of carbonyl (C=O) groups excluding carboxylic acids is 1. The number of fused-ring (bicyclic) bond motifs is 1. The Bertz CT molecular complexity index is 1030. The molecule has 1 aromatic carbocycles. The summed E-state index contributed by atoms with van der Waals surface area (Å²) in [4.78, 5) is 32.0. The SMILES string of the molecule is CSc1ccc(Nc2c3c(cc(=O)n2C)CCN(OCCOC(C)(C)C)C3=O)c(F)c1. The van der Waals surface area contributed by atoms with E-state index in [-0.39, 0.29) is 35.2 Å². The number of rotatable bonds is 7. The number of nitrogens with one attached hydrogen (secondary N) is 1. The van der Waals surface area contributed by atoms with Crippen LogP contribution in [0.25, 0.3) is 0 Å². The summed E-state index contributed by atoms with van der Waals surface area (Å²) in [6, 6.07) is 6.23. The fourth-order valence-electron chi connectivity index (χ4n) is 3.25. The molecule has 31 heavy (non-hydrogen) atoms. The van der Waals surface area contributed by atoms with Crippen LogP contribution in [0, 0.1) is 5.82 Å². The molecule has 0 unspecified atom stereocenters. The van der Waals surface area contributed by atoms with Gasteiger partial charge in [-0.15, -0.1) is 11.8 Å². The van der Waals surface area contributed by atoms with Crippen LogP contribution in [0.2, 0.25) is 0 Å². The zero-order valence-electron chi connectivity index (χ0n) is 18.5. The molecule has 0 bridgehead atoms. The highest BCUT2D eigenvalue weighted by Gasteiger charge is 2.30. The highest BCUT2D eigenvalue weighted by atomic mass is 32.2. The van der Waals surface area contributed by atoms with E-state index >= 15 is 0 Å². The van der Waals surface area contributed by atoms with Crippen molar-refractivity contribution in [1.29, 1.82) is 0 Å². The third-order valence-corrected chi connectivity index (χ3v) is 5.57. The quantitative estimate of drug-likeness (QED) is 0.513. The molecule has 1 aliphatic rings. The van der Waals surface area contributed by atoms with Crippen LogP contribution in [0.5, 0.6) is 0 Å². The van der Waals surface area contributed by atoms with Crippen molar-refractivity contribution in [2.75, 3.05) is 31.3 Å². The molecule has 1 aliphatic heterocycles. The minimum absolute atomic E-state index is 0.186. The number of benzene rings is 1. The molecule has 0 atom stereocenters. The van der Waals surface area contributed by atoms with Crippen molar-refractivity contribution in [3.8, 4) is 0 Å². The van der Waals surface area contributed by atoms with Gasteiger partial charge in [0.2, 0.25) is 0 Å². The van der Waals surface area contributed by atoms with Gasteiger partial charge < -0.3 is 10.1 Å². The average Bonchev–Trinajstić information content (AvgIpc) is 2.70. The molecular weight excluding hydrogens is 421 g/mol. The van der Waals surface area contributed by atoms with Gasteiger partial charge in [0.15, 0.2) is 0 Å². The molecule has 1 N–H and O–H groups in total. The number of pyridine rings is 1. The molecule has 0 radical (unpaired) electrons. The first-order chi connectivity index (χ1) is 14.6. The van der Waals surface area contributed by atoms with Crippen LogP contribution in [-0.2, 0) is 23.0 Å². The van der Waals surface area contributed by atoms with Gasteiger partial charge in [-0.1, -0.05) is 0 Å².